The van der Waals surface area contributed by atoms with E-state index in [0.29, 0.717) is 26.6 Å². The lowest BCUT2D eigenvalue weighted by Gasteiger charge is -2.15. The van der Waals surface area contributed by atoms with Gasteiger partial charge >= 0.3 is 0 Å². The largest absolute Gasteiger partial charge is 0.331 e. The number of hydrogen-bond acceptors (Lipinski definition) is 5. The first-order chi connectivity index (χ1) is 13.4. The minimum atomic E-state index is -0.357. The van der Waals surface area contributed by atoms with Crippen LogP contribution in [0.1, 0.15) is 10.5 Å². The fraction of sp³-hybridized carbons (Fsp3) is 0.105. The average molecular weight is 435 g/mol. The molecule has 9 heteroatoms. The molecule has 144 valence electrons. The standard InChI is InChI=1S/C19H16Cl2N4O2S/c1-25(10-16(26)22-12-6-3-2-4-7-12)18(27)15-11-28-19(24-15)23-14-9-5-8-13(20)17(14)21/h2-9,11H,10H2,1H3,(H,22,26)(H,23,24). The van der Waals surface area contributed by atoms with Crippen LogP contribution in [0, 0.1) is 0 Å². The van der Waals surface area contributed by atoms with E-state index >= 15 is 0 Å². The van der Waals surface area contributed by atoms with Crippen molar-refractivity contribution in [2.75, 3.05) is 24.2 Å². The Kier molecular flexibility index (Phi) is 6.51. The summed E-state index contributed by atoms with van der Waals surface area (Å²) in [5, 5.41) is 8.69. The number of para-hydroxylation sites is 1. The molecular formula is C19H16Cl2N4O2S. The van der Waals surface area contributed by atoms with E-state index < -0.39 is 0 Å². The molecule has 28 heavy (non-hydrogen) atoms. The number of halogens is 2. The van der Waals surface area contributed by atoms with E-state index in [1.807, 2.05) is 18.2 Å². The van der Waals surface area contributed by atoms with E-state index in [1.54, 1.807) is 42.8 Å². The van der Waals surface area contributed by atoms with E-state index in [2.05, 4.69) is 15.6 Å². The normalized spacial score (nSPS) is 10.4. The Morgan fingerprint density at radius 2 is 1.86 bits per heavy atom. The number of thiazole rings is 1. The van der Waals surface area contributed by atoms with Crippen LogP contribution in [0.25, 0.3) is 0 Å². The zero-order chi connectivity index (χ0) is 20.1. The maximum Gasteiger partial charge on any atom is 0.273 e. The molecule has 1 aromatic heterocycles. The predicted molar refractivity (Wildman–Crippen MR) is 114 cm³/mol. The monoisotopic (exact) mass is 434 g/mol. The Morgan fingerprint density at radius 3 is 2.61 bits per heavy atom. The maximum atomic E-state index is 12.5. The number of nitrogens with zero attached hydrogens (tertiary/aromatic N) is 2. The highest BCUT2D eigenvalue weighted by Gasteiger charge is 2.18. The molecule has 0 bridgehead atoms. The van der Waals surface area contributed by atoms with Crippen LogP contribution in [0.15, 0.2) is 53.9 Å². The summed E-state index contributed by atoms with van der Waals surface area (Å²) in [6.07, 6.45) is 0. The lowest BCUT2D eigenvalue weighted by molar-refractivity contribution is -0.116. The number of aromatic nitrogens is 1. The zero-order valence-electron chi connectivity index (χ0n) is 14.8. The van der Waals surface area contributed by atoms with Gasteiger partial charge in [0.05, 0.1) is 22.3 Å². The summed E-state index contributed by atoms with van der Waals surface area (Å²) in [5.41, 5.74) is 1.51. The number of benzene rings is 2. The molecule has 0 radical (unpaired) electrons. The van der Waals surface area contributed by atoms with E-state index in [9.17, 15) is 9.59 Å². The summed E-state index contributed by atoms with van der Waals surface area (Å²) in [5.74, 6) is -0.647. The van der Waals surface area contributed by atoms with E-state index in [1.165, 1.54) is 16.2 Å². The van der Waals surface area contributed by atoms with Crippen LogP contribution in [0.4, 0.5) is 16.5 Å². The van der Waals surface area contributed by atoms with Gasteiger partial charge in [0.1, 0.15) is 5.69 Å². The number of rotatable bonds is 6. The third-order valence-corrected chi connectivity index (χ3v) is 5.28. The lowest BCUT2D eigenvalue weighted by atomic mass is 10.3. The summed E-state index contributed by atoms with van der Waals surface area (Å²) < 4.78 is 0. The summed E-state index contributed by atoms with van der Waals surface area (Å²) in [6, 6.07) is 14.3. The molecule has 0 saturated heterocycles. The van der Waals surface area contributed by atoms with Gasteiger partial charge in [0.2, 0.25) is 5.91 Å². The van der Waals surface area contributed by atoms with Crippen molar-refractivity contribution in [3.63, 3.8) is 0 Å². The van der Waals surface area contributed by atoms with E-state index in [0.717, 1.165) is 0 Å². The van der Waals surface area contributed by atoms with Gasteiger partial charge in [0.25, 0.3) is 5.91 Å². The second-order valence-electron chi connectivity index (χ2n) is 5.84. The van der Waals surface area contributed by atoms with Crippen LogP contribution >= 0.6 is 34.5 Å². The molecule has 2 N–H and O–H groups in total. The third kappa shape index (κ3) is 5.01. The SMILES string of the molecule is CN(CC(=O)Nc1ccccc1)C(=O)c1csc(Nc2cccc(Cl)c2Cl)n1. The third-order valence-electron chi connectivity index (χ3n) is 3.70. The summed E-state index contributed by atoms with van der Waals surface area (Å²) in [7, 11) is 1.55. The van der Waals surface area contributed by atoms with Gasteiger partial charge in [-0.05, 0) is 24.3 Å². The van der Waals surface area contributed by atoms with Crippen LogP contribution in [0.5, 0.6) is 0 Å². The Labute approximate surface area is 176 Å². The van der Waals surface area contributed by atoms with Gasteiger partial charge in [-0.15, -0.1) is 11.3 Å². The molecule has 0 fully saturated rings. The molecular weight excluding hydrogens is 419 g/mol. The molecule has 0 spiro atoms. The smallest absolute Gasteiger partial charge is 0.273 e. The van der Waals surface area contributed by atoms with Crippen molar-refractivity contribution in [3.05, 3.63) is 69.7 Å². The molecule has 0 aliphatic rings. The van der Waals surface area contributed by atoms with Crippen molar-refractivity contribution >= 4 is 62.9 Å². The van der Waals surface area contributed by atoms with Gasteiger partial charge in [-0.1, -0.05) is 47.5 Å². The van der Waals surface area contributed by atoms with Crippen molar-refractivity contribution in [2.45, 2.75) is 0 Å². The molecule has 6 nitrogen and oxygen atoms in total. The first-order valence-electron chi connectivity index (χ1n) is 8.21. The van der Waals surface area contributed by atoms with E-state index in [-0.39, 0.29) is 24.1 Å². The first-order valence-corrected chi connectivity index (χ1v) is 9.84. The zero-order valence-corrected chi connectivity index (χ0v) is 17.1. The summed E-state index contributed by atoms with van der Waals surface area (Å²) >= 11 is 13.4. The molecule has 0 aliphatic carbocycles. The van der Waals surface area contributed by atoms with Gasteiger partial charge in [-0.25, -0.2) is 4.98 Å². The highest BCUT2D eigenvalue weighted by molar-refractivity contribution is 7.14. The number of carbonyl (C=O) groups excluding carboxylic acids is 2. The maximum absolute atomic E-state index is 12.5. The Morgan fingerprint density at radius 1 is 1.11 bits per heavy atom. The Balaban J connectivity index is 1.61. The number of amides is 2. The van der Waals surface area contributed by atoms with Crippen molar-refractivity contribution < 1.29 is 9.59 Å². The minimum absolute atomic E-state index is 0.0891. The second-order valence-corrected chi connectivity index (χ2v) is 7.48. The molecule has 0 saturated carbocycles. The molecule has 2 amide bonds. The summed E-state index contributed by atoms with van der Waals surface area (Å²) in [4.78, 5) is 30.2. The molecule has 0 aliphatic heterocycles. The topological polar surface area (TPSA) is 74.3 Å². The van der Waals surface area contributed by atoms with Gasteiger partial charge in [-0.3, -0.25) is 9.59 Å². The highest BCUT2D eigenvalue weighted by Crippen LogP contribution is 2.32. The van der Waals surface area contributed by atoms with Gasteiger partial charge in [-0.2, -0.15) is 0 Å². The molecule has 3 aromatic rings. The second kappa shape index (κ2) is 9.05. The fourth-order valence-electron chi connectivity index (χ4n) is 2.35. The van der Waals surface area contributed by atoms with Crippen LogP contribution in [-0.2, 0) is 4.79 Å². The van der Waals surface area contributed by atoms with Gasteiger partial charge in [0, 0.05) is 18.1 Å². The highest BCUT2D eigenvalue weighted by atomic mass is 35.5. The lowest BCUT2D eigenvalue weighted by Crippen LogP contribution is -2.35. The van der Waals surface area contributed by atoms with E-state index in [4.69, 9.17) is 23.2 Å². The van der Waals surface area contributed by atoms with Crippen LogP contribution < -0.4 is 10.6 Å². The van der Waals surface area contributed by atoms with Crippen LogP contribution in [0.2, 0.25) is 10.0 Å². The number of carbonyl (C=O) groups is 2. The number of hydrogen-bond donors (Lipinski definition) is 2. The van der Waals surface area contributed by atoms with Crippen LogP contribution in [-0.4, -0.2) is 35.3 Å². The number of likely N-dealkylation sites (N-methyl/N-ethyl adjacent to an activating group) is 1. The molecule has 2 aromatic carbocycles. The Bertz CT molecular complexity index is 995. The number of anilines is 3. The molecule has 1 heterocycles. The summed E-state index contributed by atoms with van der Waals surface area (Å²) in [6.45, 7) is -0.0891. The Hall–Kier alpha value is -2.61. The minimum Gasteiger partial charge on any atom is -0.331 e. The predicted octanol–water partition coefficient (Wildman–Crippen LogP) is 4.90. The average Bonchev–Trinajstić information content (AvgIpc) is 3.14. The van der Waals surface area contributed by atoms with Gasteiger partial charge < -0.3 is 15.5 Å². The fourth-order valence-corrected chi connectivity index (χ4v) is 3.39. The number of nitrogens with one attached hydrogen (secondary N) is 2. The first kappa shape index (κ1) is 20.1. The molecule has 3 rings (SSSR count). The molecule has 0 atom stereocenters. The van der Waals surface area contributed by atoms with Crippen LogP contribution in [0.3, 0.4) is 0 Å². The van der Waals surface area contributed by atoms with Crippen molar-refractivity contribution in [2.24, 2.45) is 0 Å². The van der Waals surface area contributed by atoms with Crippen molar-refractivity contribution in [1.82, 2.24) is 9.88 Å². The quantitative estimate of drug-likeness (QED) is 0.578. The van der Waals surface area contributed by atoms with Crippen molar-refractivity contribution in [1.29, 1.82) is 0 Å². The van der Waals surface area contributed by atoms with Gasteiger partial charge in [0.15, 0.2) is 5.13 Å². The molecule has 0 unspecified atom stereocenters. The van der Waals surface area contributed by atoms with Crippen molar-refractivity contribution in [3.8, 4) is 0 Å².